The molecule has 1 aliphatic carbocycles. The Kier molecular flexibility index (Phi) is 5.13. The van der Waals surface area contributed by atoms with Gasteiger partial charge in [0.25, 0.3) is 5.56 Å². The normalized spacial score (nSPS) is 25.1. The van der Waals surface area contributed by atoms with Crippen molar-refractivity contribution < 1.29 is 14.3 Å². The third-order valence-electron chi connectivity index (χ3n) is 5.58. The maximum atomic E-state index is 13.8. The van der Waals surface area contributed by atoms with Gasteiger partial charge in [0.1, 0.15) is 11.5 Å². The monoisotopic (exact) mass is 408 g/mol. The van der Waals surface area contributed by atoms with Crippen molar-refractivity contribution in [1.82, 2.24) is 19.4 Å². The van der Waals surface area contributed by atoms with Gasteiger partial charge in [-0.25, -0.2) is 19.0 Å². The molecule has 2 aliphatic rings. The molecule has 2 aromatic rings. The van der Waals surface area contributed by atoms with Crippen LogP contribution >= 0.6 is 11.8 Å². The fourth-order valence-electron chi connectivity index (χ4n) is 4.23. The zero-order valence-corrected chi connectivity index (χ0v) is 16.0. The number of carbonyl (C=O) groups is 1. The van der Waals surface area contributed by atoms with E-state index in [9.17, 15) is 18.8 Å². The molecule has 28 heavy (non-hydrogen) atoms. The molecule has 1 saturated heterocycles. The van der Waals surface area contributed by atoms with Crippen LogP contribution in [0, 0.1) is 5.82 Å². The summed E-state index contributed by atoms with van der Waals surface area (Å²) >= 11 is 1.74. The number of aromatic nitrogens is 3. The van der Waals surface area contributed by atoms with Gasteiger partial charge >= 0.3 is 11.8 Å². The van der Waals surface area contributed by atoms with Crippen molar-refractivity contribution in [3.05, 3.63) is 38.9 Å². The largest absolute Gasteiger partial charge is 0.465 e. The number of rotatable bonds is 3. The van der Waals surface area contributed by atoms with Crippen LogP contribution in [0.2, 0.25) is 0 Å². The topological polar surface area (TPSA) is 106 Å². The first kappa shape index (κ1) is 19.0. The number of hydrogen-bond acceptors (Lipinski definition) is 5. The van der Waals surface area contributed by atoms with Crippen LogP contribution in [0.3, 0.4) is 0 Å². The Bertz CT molecular complexity index is 1020. The first-order valence-corrected chi connectivity index (χ1v) is 10.5. The number of carboxylic acid groups (broad SMARTS) is 1. The summed E-state index contributed by atoms with van der Waals surface area (Å²) in [6.07, 6.45) is 2.86. The standard InChI is InChI=1S/C18H21FN4O4S/c19-10-7-14-15(20-8-10)22(13-5-6-28-9-13)18(27)23(16(14)24)12-3-1-11(2-4-12)21-17(25)26/h7-8,11-13,21H,1-6,9H2,(H,25,26). The molecule has 1 saturated carbocycles. The van der Waals surface area contributed by atoms with Gasteiger partial charge < -0.3 is 10.4 Å². The molecule has 8 nitrogen and oxygen atoms in total. The first-order valence-electron chi connectivity index (χ1n) is 9.35. The molecule has 3 heterocycles. The highest BCUT2D eigenvalue weighted by molar-refractivity contribution is 7.99. The van der Waals surface area contributed by atoms with E-state index in [4.69, 9.17) is 5.11 Å². The lowest BCUT2D eigenvalue weighted by Gasteiger charge is -2.30. The van der Waals surface area contributed by atoms with E-state index < -0.39 is 23.2 Å². The molecule has 1 unspecified atom stereocenters. The van der Waals surface area contributed by atoms with Gasteiger partial charge in [0.05, 0.1) is 17.6 Å². The predicted octanol–water partition coefficient (Wildman–Crippen LogP) is 2.13. The summed E-state index contributed by atoms with van der Waals surface area (Å²) < 4.78 is 16.6. The van der Waals surface area contributed by atoms with Crippen molar-refractivity contribution in [2.45, 2.75) is 50.2 Å². The van der Waals surface area contributed by atoms with Gasteiger partial charge in [-0.1, -0.05) is 0 Å². The van der Waals surface area contributed by atoms with Crippen LogP contribution in [0.5, 0.6) is 0 Å². The minimum absolute atomic E-state index is 0.0742. The molecule has 1 aliphatic heterocycles. The van der Waals surface area contributed by atoms with Crippen LogP contribution in [0.4, 0.5) is 9.18 Å². The van der Waals surface area contributed by atoms with E-state index in [-0.39, 0.29) is 29.2 Å². The smallest absolute Gasteiger partial charge is 0.404 e. The molecule has 150 valence electrons. The van der Waals surface area contributed by atoms with Gasteiger partial charge in [0, 0.05) is 17.8 Å². The Balaban J connectivity index is 1.79. The lowest BCUT2D eigenvalue weighted by atomic mass is 9.91. The summed E-state index contributed by atoms with van der Waals surface area (Å²) in [5, 5.41) is 11.4. The Labute approximate surface area is 163 Å². The molecule has 10 heteroatoms. The number of nitrogens with one attached hydrogen (secondary N) is 1. The van der Waals surface area contributed by atoms with E-state index in [1.54, 1.807) is 16.3 Å². The molecule has 2 fully saturated rings. The maximum absolute atomic E-state index is 13.8. The van der Waals surface area contributed by atoms with Gasteiger partial charge in [-0.05, 0) is 43.9 Å². The van der Waals surface area contributed by atoms with Crippen LogP contribution in [0.25, 0.3) is 11.0 Å². The molecule has 2 aromatic heterocycles. The molecule has 0 radical (unpaired) electrons. The van der Waals surface area contributed by atoms with Gasteiger partial charge in [-0.3, -0.25) is 13.9 Å². The lowest BCUT2D eigenvalue weighted by Crippen LogP contribution is -2.46. The molecule has 2 N–H and O–H groups in total. The summed E-state index contributed by atoms with van der Waals surface area (Å²) in [7, 11) is 0. The Hall–Kier alpha value is -2.36. The predicted molar refractivity (Wildman–Crippen MR) is 104 cm³/mol. The molecule has 1 amide bonds. The quantitative estimate of drug-likeness (QED) is 0.806. The molecule has 0 aromatic carbocycles. The van der Waals surface area contributed by atoms with Crippen molar-refractivity contribution in [3.8, 4) is 0 Å². The van der Waals surface area contributed by atoms with E-state index in [2.05, 4.69) is 10.3 Å². The second kappa shape index (κ2) is 7.57. The number of amides is 1. The summed E-state index contributed by atoms with van der Waals surface area (Å²) in [5.74, 6) is 1.06. The Morgan fingerprint density at radius 2 is 1.93 bits per heavy atom. The van der Waals surface area contributed by atoms with Crippen molar-refractivity contribution in [3.63, 3.8) is 0 Å². The van der Waals surface area contributed by atoms with Crippen LogP contribution < -0.4 is 16.6 Å². The third kappa shape index (κ3) is 3.41. The third-order valence-corrected chi connectivity index (χ3v) is 6.73. The fourth-order valence-corrected chi connectivity index (χ4v) is 5.43. The second-order valence-corrected chi connectivity index (χ2v) is 8.47. The van der Waals surface area contributed by atoms with E-state index >= 15 is 0 Å². The lowest BCUT2D eigenvalue weighted by molar-refractivity contribution is 0.182. The number of pyridine rings is 1. The zero-order chi connectivity index (χ0) is 19.8. The highest BCUT2D eigenvalue weighted by Crippen LogP contribution is 2.30. The van der Waals surface area contributed by atoms with Crippen molar-refractivity contribution in [1.29, 1.82) is 0 Å². The van der Waals surface area contributed by atoms with Gasteiger partial charge in [-0.15, -0.1) is 0 Å². The highest BCUT2D eigenvalue weighted by Gasteiger charge is 2.30. The molecule has 1 atom stereocenters. The molecular formula is C18H21FN4O4S. The SMILES string of the molecule is O=C(O)NC1CCC(n2c(=O)c3cc(F)cnc3n(C3CCSC3)c2=O)CC1. The number of nitrogens with zero attached hydrogens (tertiary/aromatic N) is 3. The summed E-state index contributed by atoms with van der Waals surface area (Å²) in [4.78, 5) is 41.3. The van der Waals surface area contributed by atoms with E-state index in [1.165, 1.54) is 4.57 Å². The first-order chi connectivity index (χ1) is 13.5. The highest BCUT2D eigenvalue weighted by atomic mass is 32.2. The average Bonchev–Trinajstić information content (AvgIpc) is 3.18. The Morgan fingerprint density at radius 1 is 1.18 bits per heavy atom. The van der Waals surface area contributed by atoms with Gasteiger partial charge in [0.15, 0.2) is 0 Å². The summed E-state index contributed by atoms with van der Waals surface area (Å²) in [5.41, 5.74) is -0.691. The van der Waals surface area contributed by atoms with Crippen LogP contribution in [-0.2, 0) is 0 Å². The zero-order valence-electron chi connectivity index (χ0n) is 15.1. The maximum Gasteiger partial charge on any atom is 0.404 e. The summed E-state index contributed by atoms with van der Waals surface area (Å²) in [6, 6.07) is 0.559. The number of hydrogen-bond donors (Lipinski definition) is 2. The van der Waals surface area contributed by atoms with E-state index in [1.807, 2.05) is 0 Å². The van der Waals surface area contributed by atoms with E-state index in [0.29, 0.717) is 25.7 Å². The van der Waals surface area contributed by atoms with Gasteiger partial charge in [-0.2, -0.15) is 11.8 Å². The average molecular weight is 408 g/mol. The summed E-state index contributed by atoms with van der Waals surface area (Å²) in [6.45, 7) is 0. The minimum atomic E-state index is -1.08. The van der Waals surface area contributed by atoms with Gasteiger partial charge in [0.2, 0.25) is 0 Å². The van der Waals surface area contributed by atoms with Crippen molar-refractivity contribution >= 4 is 28.9 Å². The Morgan fingerprint density at radius 3 is 2.57 bits per heavy atom. The van der Waals surface area contributed by atoms with E-state index in [0.717, 1.165) is 30.2 Å². The number of halogens is 1. The van der Waals surface area contributed by atoms with Crippen LogP contribution in [0.15, 0.2) is 21.9 Å². The number of thioether (sulfide) groups is 1. The van der Waals surface area contributed by atoms with Crippen LogP contribution in [-0.4, -0.2) is 42.9 Å². The van der Waals surface area contributed by atoms with Crippen molar-refractivity contribution in [2.75, 3.05) is 11.5 Å². The molecule has 0 spiro atoms. The van der Waals surface area contributed by atoms with Crippen molar-refractivity contribution in [2.24, 2.45) is 0 Å². The number of fused-ring (bicyclic) bond motifs is 1. The molecular weight excluding hydrogens is 387 g/mol. The van der Waals surface area contributed by atoms with Crippen LogP contribution in [0.1, 0.15) is 44.2 Å². The minimum Gasteiger partial charge on any atom is -0.465 e. The molecule has 0 bridgehead atoms. The fraction of sp³-hybridized carbons (Fsp3) is 0.556. The molecule has 4 rings (SSSR count). The second-order valence-electron chi connectivity index (χ2n) is 7.32.